The van der Waals surface area contributed by atoms with Crippen LogP contribution in [0.3, 0.4) is 0 Å². The lowest BCUT2D eigenvalue weighted by molar-refractivity contribution is 0.130. The van der Waals surface area contributed by atoms with Crippen molar-refractivity contribution in [3.8, 4) is 0 Å². The van der Waals surface area contributed by atoms with E-state index >= 15 is 0 Å². The minimum atomic E-state index is 0.559. The Balaban J connectivity index is 2.46. The predicted molar refractivity (Wildman–Crippen MR) is 62.5 cm³/mol. The Morgan fingerprint density at radius 1 is 1.43 bits per heavy atom. The Morgan fingerprint density at radius 3 is 2.57 bits per heavy atom. The molecule has 2 heteroatoms. The minimum Gasteiger partial charge on any atom is -0.317 e. The van der Waals surface area contributed by atoms with Gasteiger partial charge in [0.1, 0.15) is 0 Å². The van der Waals surface area contributed by atoms with Crippen LogP contribution in [-0.4, -0.2) is 38.1 Å². The lowest BCUT2D eigenvalue weighted by Crippen LogP contribution is -2.43. The van der Waals surface area contributed by atoms with E-state index in [1.165, 1.54) is 38.9 Å². The molecule has 0 unspecified atom stereocenters. The zero-order chi connectivity index (χ0) is 10.4. The van der Waals surface area contributed by atoms with Crippen molar-refractivity contribution in [2.45, 2.75) is 26.2 Å². The van der Waals surface area contributed by atoms with Crippen molar-refractivity contribution in [3.63, 3.8) is 0 Å². The number of nitrogens with zero attached hydrogens (tertiary/aromatic N) is 1. The van der Waals surface area contributed by atoms with E-state index < -0.39 is 0 Å². The molecular weight excluding hydrogens is 172 g/mol. The average molecular weight is 196 g/mol. The Kier molecular flexibility index (Phi) is 4.63. The zero-order valence-corrected chi connectivity index (χ0v) is 9.68. The van der Waals surface area contributed by atoms with Crippen molar-refractivity contribution in [2.24, 2.45) is 5.41 Å². The largest absolute Gasteiger partial charge is 0.317 e. The monoisotopic (exact) mass is 196 g/mol. The number of hydrogen-bond acceptors (Lipinski definition) is 2. The molecule has 0 aliphatic carbocycles. The Morgan fingerprint density at radius 2 is 2.07 bits per heavy atom. The van der Waals surface area contributed by atoms with E-state index in [2.05, 4.69) is 30.8 Å². The first kappa shape index (κ1) is 11.7. The molecule has 1 N–H and O–H groups in total. The summed E-state index contributed by atoms with van der Waals surface area (Å²) < 4.78 is 0. The maximum Gasteiger partial charge on any atom is 0.0157 e. The number of piperidine rings is 1. The molecule has 1 heterocycles. The zero-order valence-electron chi connectivity index (χ0n) is 9.68. The topological polar surface area (TPSA) is 15.3 Å². The van der Waals surface area contributed by atoms with Crippen molar-refractivity contribution < 1.29 is 0 Å². The molecule has 0 amide bonds. The maximum absolute atomic E-state index is 3.79. The van der Waals surface area contributed by atoms with Crippen LogP contribution in [0.25, 0.3) is 0 Å². The minimum absolute atomic E-state index is 0.559. The summed E-state index contributed by atoms with van der Waals surface area (Å²) in [7, 11) is 2.20. The summed E-state index contributed by atoms with van der Waals surface area (Å²) in [6.45, 7) is 10.7. The van der Waals surface area contributed by atoms with Crippen LogP contribution < -0.4 is 5.32 Å². The highest BCUT2D eigenvalue weighted by atomic mass is 15.1. The van der Waals surface area contributed by atoms with Gasteiger partial charge in [0.2, 0.25) is 0 Å². The standard InChI is InChI=1S/C12H24N2/c1-4-10-14(3)11-12(5-2)6-8-13-9-7-12/h4,13H,1,5-11H2,2-3H3. The summed E-state index contributed by atoms with van der Waals surface area (Å²) in [6, 6.07) is 0. The predicted octanol–water partition coefficient (Wildman–Crippen LogP) is 1.88. The van der Waals surface area contributed by atoms with Crippen molar-refractivity contribution in [1.29, 1.82) is 0 Å². The molecule has 1 aliphatic rings. The first-order chi connectivity index (χ1) is 6.72. The van der Waals surface area contributed by atoms with Gasteiger partial charge in [0, 0.05) is 13.1 Å². The fourth-order valence-corrected chi connectivity index (χ4v) is 2.44. The highest BCUT2D eigenvalue weighted by Gasteiger charge is 2.30. The average Bonchev–Trinajstić information content (AvgIpc) is 2.19. The van der Waals surface area contributed by atoms with Crippen LogP contribution in [0.1, 0.15) is 26.2 Å². The normalized spacial score (nSPS) is 21.1. The van der Waals surface area contributed by atoms with Crippen LogP contribution in [0.4, 0.5) is 0 Å². The van der Waals surface area contributed by atoms with Crippen LogP contribution in [0.15, 0.2) is 12.7 Å². The highest BCUT2D eigenvalue weighted by Crippen LogP contribution is 2.32. The molecule has 0 aromatic rings. The van der Waals surface area contributed by atoms with Gasteiger partial charge in [-0.05, 0) is 44.8 Å². The number of likely N-dealkylation sites (N-methyl/N-ethyl adjacent to an activating group) is 1. The summed E-state index contributed by atoms with van der Waals surface area (Å²) in [5, 5.41) is 3.44. The van der Waals surface area contributed by atoms with Gasteiger partial charge in [-0.2, -0.15) is 0 Å². The van der Waals surface area contributed by atoms with E-state index in [0.717, 1.165) is 6.54 Å². The van der Waals surface area contributed by atoms with Gasteiger partial charge in [-0.25, -0.2) is 0 Å². The molecule has 82 valence electrons. The van der Waals surface area contributed by atoms with Crippen molar-refractivity contribution >= 4 is 0 Å². The van der Waals surface area contributed by atoms with Gasteiger partial charge in [0.05, 0.1) is 0 Å². The molecular formula is C12H24N2. The summed E-state index contributed by atoms with van der Waals surface area (Å²) in [6.07, 6.45) is 5.94. The van der Waals surface area contributed by atoms with Crippen LogP contribution in [-0.2, 0) is 0 Å². The number of nitrogens with one attached hydrogen (secondary N) is 1. The molecule has 0 radical (unpaired) electrons. The molecule has 14 heavy (non-hydrogen) atoms. The molecule has 0 aromatic heterocycles. The lowest BCUT2D eigenvalue weighted by atomic mass is 9.76. The molecule has 2 nitrogen and oxygen atoms in total. The van der Waals surface area contributed by atoms with Crippen molar-refractivity contribution in [1.82, 2.24) is 10.2 Å². The molecule has 1 aliphatic heterocycles. The van der Waals surface area contributed by atoms with Gasteiger partial charge in [0.25, 0.3) is 0 Å². The van der Waals surface area contributed by atoms with Crippen molar-refractivity contribution in [3.05, 3.63) is 12.7 Å². The van der Waals surface area contributed by atoms with Gasteiger partial charge < -0.3 is 10.2 Å². The lowest BCUT2D eigenvalue weighted by Gasteiger charge is -2.39. The van der Waals surface area contributed by atoms with E-state index in [0.29, 0.717) is 5.41 Å². The van der Waals surface area contributed by atoms with Gasteiger partial charge in [0.15, 0.2) is 0 Å². The van der Waals surface area contributed by atoms with Gasteiger partial charge in [-0.3, -0.25) is 0 Å². The molecule has 0 aromatic carbocycles. The highest BCUT2D eigenvalue weighted by molar-refractivity contribution is 4.87. The van der Waals surface area contributed by atoms with E-state index in [1.807, 2.05) is 6.08 Å². The summed E-state index contributed by atoms with van der Waals surface area (Å²) in [4.78, 5) is 2.39. The van der Waals surface area contributed by atoms with E-state index in [9.17, 15) is 0 Å². The van der Waals surface area contributed by atoms with Crippen LogP contribution in [0.5, 0.6) is 0 Å². The van der Waals surface area contributed by atoms with Crippen LogP contribution >= 0.6 is 0 Å². The smallest absolute Gasteiger partial charge is 0.0157 e. The first-order valence-corrected chi connectivity index (χ1v) is 5.72. The molecule has 1 rings (SSSR count). The molecule has 1 fully saturated rings. The Labute approximate surface area is 88.4 Å². The number of hydrogen-bond donors (Lipinski definition) is 1. The van der Waals surface area contributed by atoms with E-state index in [4.69, 9.17) is 0 Å². The SMILES string of the molecule is C=CCN(C)CC1(CC)CCNCC1. The third-order valence-corrected chi connectivity index (χ3v) is 3.46. The third kappa shape index (κ3) is 3.10. The van der Waals surface area contributed by atoms with Gasteiger partial charge in [-0.1, -0.05) is 13.0 Å². The van der Waals surface area contributed by atoms with E-state index in [1.54, 1.807) is 0 Å². The molecule has 0 atom stereocenters. The van der Waals surface area contributed by atoms with Crippen molar-refractivity contribution in [2.75, 3.05) is 33.2 Å². The fraction of sp³-hybridized carbons (Fsp3) is 0.833. The molecule has 0 bridgehead atoms. The van der Waals surface area contributed by atoms with Gasteiger partial charge >= 0.3 is 0 Å². The summed E-state index contributed by atoms with van der Waals surface area (Å²) >= 11 is 0. The third-order valence-electron chi connectivity index (χ3n) is 3.46. The van der Waals surface area contributed by atoms with Gasteiger partial charge in [-0.15, -0.1) is 6.58 Å². The summed E-state index contributed by atoms with van der Waals surface area (Å²) in [5.74, 6) is 0. The second-order valence-electron chi connectivity index (χ2n) is 4.59. The number of rotatable bonds is 5. The quantitative estimate of drug-likeness (QED) is 0.675. The first-order valence-electron chi connectivity index (χ1n) is 5.72. The summed E-state index contributed by atoms with van der Waals surface area (Å²) in [5.41, 5.74) is 0.559. The van der Waals surface area contributed by atoms with Crippen LogP contribution in [0, 0.1) is 5.41 Å². The second kappa shape index (κ2) is 5.52. The maximum atomic E-state index is 3.79. The molecule has 0 spiro atoms. The Hall–Kier alpha value is -0.340. The van der Waals surface area contributed by atoms with Crippen LogP contribution in [0.2, 0.25) is 0 Å². The second-order valence-corrected chi connectivity index (χ2v) is 4.59. The Bertz CT molecular complexity index is 171. The fourth-order valence-electron chi connectivity index (χ4n) is 2.44. The van der Waals surface area contributed by atoms with E-state index in [-0.39, 0.29) is 0 Å². The molecule has 1 saturated heterocycles. The molecule has 0 saturated carbocycles.